The van der Waals surface area contributed by atoms with Crippen LogP contribution in [-0.4, -0.2) is 34.3 Å². The van der Waals surface area contributed by atoms with Gasteiger partial charge in [0.2, 0.25) is 0 Å². The second kappa shape index (κ2) is 7.20. The minimum atomic E-state index is -0.472. The van der Waals surface area contributed by atoms with Gasteiger partial charge in [-0.15, -0.1) is 0 Å². The standard InChI is InChI=1S/C18H13N3O3S/c19-11-12-5-7-13(8-6-12)20-16(22)14-3-1-2-4-15(14)17(23)21-9-10-25-18(21)24/h1-8H,9-10H2,(H,20,22). The number of imide groups is 1. The minimum Gasteiger partial charge on any atom is -0.322 e. The van der Waals surface area contributed by atoms with Crippen LogP contribution in [0, 0.1) is 11.3 Å². The molecule has 0 aliphatic carbocycles. The maximum absolute atomic E-state index is 12.6. The fourth-order valence-electron chi connectivity index (χ4n) is 2.42. The van der Waals surface area contributed by atoms with Gasteiger partial charge in [-0.3, -0.25) is 19.3 Å². The number of anilines is 1. The summed E-state index contributed by atoms with van der Waals surface area (Å²) < 4.78 is 0. The number of nitrogens with one attached hydrogen (secondary N) is 1. The molecule has 6 nitrogen and oxygen atoms in total. The molecule has 0 spiro atoms. The summed E-state index contributed by atoms with van der Waals surface area (Å²) in [5, 5.41) is 11.2. The number of carbonyl (C=O) groups excluding carboxylic acids is 3. The lowest BCUT2D eigenvalue weighted by Crippen LogP contribution is -2.32. The van der Waals surface area contributed by atoms with Gasteiger partial charge in [0.1, 0.15) is 0 Å². The summed E-state index contributed by atoms with van der Waals surface area (Å²) >= 11 is 1.09. The molecule has 1 heterocycles. The van der Waals surface area contributed by atoms with Gasteiger partial charge in [-0.05, 0) is 36.4 Å². The van der Waals surface area contributed by atoms with E-state index in [1.807, 2.05) is 6.07 Å². The quantitative estimate of drug-likeness (QED) is 0.917. The van der Waals surface area contributed by atoms with Gasteiger partial charge in [0.05, 0.1) is 22.8 Å². The van der Waals surface area contributed by atoms with Crippen molar-refractivity contribution in [3.05, 3.63) is 65.2 Å². The van der Waals surface area contributed by atoms with Crippen molar-refractivity contribution in [3.8, 4) is 6.07 Å². The average Bonchev–Trinajstić information content (AvgIpc) is 3.07. The molecule has 0 bridgehead atoms. The number of hydrogen-bond donors (Lipinski definition) is 1. The molecule has 0 unspecified atom stereocenters. The summed E-state index contributed by atoms with van der Waals surface area (Å²) in [6.45, 7) is 0.341. The third-order valence-corrected chi connectivity index (χ3v) is 4.53. The van der Waals surface area contributed by atoms with E-state index in [0.717, 1.165) is 16.7 Å². The van der Waals surface area contributed by atoms with Crippen molar-refractivity contribution in [1.29, 1.82) is 5.26 Å². The summed E-state index contributed by atoms with van der Waals surface area (Å²) in [7, 11) is 0. The van der Waals surface area contributed by atoms with E-state index in [0.29, 0.717) is 23.5 Å². The third-order valence-electron chi connectivity index (χ3n) is 3.68. The molecule has 124 valence electrons. The molecule has 3 amide bonds. The summed E-state index contributed by atoms with van der Waals surface area (Å²) in [6, 6.07) is 14.8. The maximum Gasteiger partial charge on any atom is 0.288 e. The fourth-order valence-corrected chi connectivity index (χ4v) is 3.20. The first-order valence-corrected chi connectivity index (χ1v) is 8.48. The molecule has 0 saturated carbocycles. The van der Waals surface area contributed by atoms with Crippen LogP contribution in [0.25, 0.3) is 0 Å². The average molecular weight is 351 g/mol. The molecule has 1 saturated heterocycles. The van der Waals surface area contributed by atoms with Crippen LogP contribution in [0.2, 0.25) is 0 Å². The van der Waals surface area contributed by atoms with E-state index in [2.05, 4.69) is 5.32 Å². The zero-order valence-corrected chi connectivity index (χ0v) is 13.9. The smallest absolute Gasteiger partial charge is 0.288 e. The van der Waals surface area contributed by atoms with Gasteiger partial charge in [0.25, 0.3) is 17.1 Å². The zero-order chi connectivity index (χ0) is 17.8. The van der Waals surface area contributed by atoms with Gasteiger partial charge in [0.15, 0.2) is 0 Å². The Balaban J connectivity index is 1.84. The van der Waals surface area contributed by atoms with Crippen LogP contribution in [0.4, 0.5) is 10.5 Å². The number of carbonyl (C=O) groups is 3. The van der Waals surface area contributed by atoms with Crippen molar-refractivity contribution in [2.24, 2.45) is 0 Å². The SMILES string of the molecule is N#Cc1ccc(NC(=O)c2ccccc2C(=O)N2CCSC2=O)cc1. The third kappa shape index (κ3) is 3.54. The first-order valence-electron chi connectivity index (χ1n) is 7.49. The molecule has 1 N–H and O–H groups in total. The molecule has 1 aliphatic heterocycles. The highest BCUT2D eigenvalue weighted by Gasteiger charge is 2.30. The van der Waals surface area contributed by atoms with Gasteiger partial charge < -0.3 is 5.32 Å². The molecule has 3 rings (SSSR count). The molecule has 7 heteroatoms. The molecular formula is C18H13N3O3S. The van der Waals surface area contributed by atoms with Crippen molar-refractivity contribution in [1.82, 2.24) is 4.90 Å². The molecule has 1 aliphatic rings. The second-order valence-corrected chi connectivity index (χ2v) is 6.31. The predicted molar refractivity (Wildman–Crippen MR) is 94.4 cm³/mol. The van der Waals surface area contributed by atoms with Gasteiger partial charge >= 0.3 is 0 Å². The summed E-state index contributed by atoms with van der Waals surface area (Å²) in [4.78, 5) is 38.1. The Morgan fingerprint density at radius 2 is 1.76 bits per heavy atom. The molecule has 0 radical (unpaired) electrons. The molecule has 2 aromatic carbocycles. The Morgan fingerprint density at radius 3 is 2.36 bits per heavy atom. The van der Waals surface area contributed by atoms with Crippen LogP contribution in [0.1, 0.15) is 26.3 Å². The van der Waals surface area contributed by atoms with Crippen molar-refractivity contribution in [2.45, 2.75) is 0 Å². The number of amides is 3. The van der Waals surface area contributed by atoms with E-state index in [-0.39, 0.29) is 16.4 Å². The first kappa shape index (κ1) is 16.7. The highest BCUT2D eigenvalue weighted by molar-refractivity contribution is 8.13. The molecular weight excluding hydrogens is 338 g/mol. The summed E-state index contributed by atoms with van der Waals surface area (Å²) in [5.41, 5.74) is 1.38. The minimum absolute atomic E-state index is 0.185. The van der Waals surface area contributed by atoms with E-state index < -0.39 is 11.8 Å². The van der Waals surface area contributed by atoms with E-state index in [9.17, 15) is 14.4 Å². The number of benzene rings is 2. The highest BCUT2D eigenvalue weighted by Crippen LogP contribution is 2.22. The van der Waals surface area contributed by atoms with Crippen molar-refractivity contribution < 1.29 is 14.4 Å². The predicted octanol–water partition coefficient (Wildman–Crippen LogP) is 3.12. The number of nitriles is 1. The number of nitrogens with zero attached hydrogens (tertiary/aromatic N) is 2. The van der Waals surface area contributed by atoms with Gasteiger partial charge in [-0.1, -0.05) is 23.9 Å². The van der Waals surface area contributed by atoms with Crippen molar-refractivity contribution >= 4 is 34.5 Å². The summed E-state index contributed by atoms with van der Waals surface area (Å²) in [5.74, 6) is -0.363. The van der Waals surface area contributed by atoms with E-state index in [1.54, 1.807) is 42.5 Å². The topological polar surface area (TPSA) is 90.3 Å². The number of hydrogen-bond acceptors (Lipinski definition) is 5. The van der Waals surface area contributed by atoms with E-state index >= 15 is 0 Å². The lowest BCUT2D eigenvalue weighted by Gasteiger charge is -2.15. The monoisotopic (exact) mass is 351 g/mol. The molecule has 25 heavy (non-hydrogen) atoms. The Bertz CT molecular complexity index is 887. The Hall–Kier alpha value is -3.11. The van der Waals surface area contributed by atoms with Crippen molar-refractivity contribution in [3.63, 3.8) is 0 Å². The normalized spacial score (nSPS) is 13.4. The van der Waals surface area contributed by atoms with Gasteiger partial charge in [-0.25, -0.2) is 0 Å². The molecule has 0 aromatic heterocycles. The maximum atomic E-state index is 12.6. The lowest BCUT2D eigenvalue weighted by atomic mass is 10.1. The van der Waals surface area contributed by atoms with Gasteiger partial charge in [0, 0.05) is 18.0 Å². The van der Waals surface area contributed by atoms with E-state index in [4.69, 9.17) is 5.26 Å². The van der Waals surface area contributed by atoms with Gasteiger partial charge in [-0.2, -0.15) is 5.26 Å². The van der Waals surface area contributed by atoms with Crippen LogP contribution in [0.5, 0.6) is 0 Å². The second-order valence-electron chi connectivity index (χ2n) is 5.26. The van der Waals surface area contributed by atoms with E-state index in [1.165, 1.54) is 6.07 Å². The molecule has 0 atom stereocenters. The van der Waals surface area contributed by atoms with Crippen LogP contribution >= 0.6 is 11.8 Å². The Labute approximate surface area is 148 Å². The molecule has 1 fully saturated rings. The lowest BCUT2D eigenvalue weighted by molar-refractivity contribution is 0.0826. The largest absolute Gasteiger partial charge is 0.322 e. The Kier molecular flexibility index (Phi) is 4.82. The zero-order valence-electron chi connectivity index (χ0n) is 13.1. The van der Waals surface area contributed by atoms with Crippen LogP contribution in [0.15, 0.2) is 48.5 Å². The van der Waals surface area contributed by atoms with Crippen molar-refractivity contribution in [2.75, 3.05) is 17.6 Å². The highest BCUT2D eigenvalue weighted by atomic mass is 32.2. The first-order chi connectivity index (χ1) is 12.1. The summed E-state index contributed by atoms with van der Waals surface area (Å²) in [6.07, 6.45) is 0. The molecule has 2 aromatic rings. The van der Waals surface area contributed by atoms with Crippen LogP contribution in [-0.2, 0) is 0 Å². The van der Waals surface area contributed by atoms with Crippen LogP contribution < -0.4 is 5.32 Å². The van der Waals surface area contributed by atoms with Crippen LogP contribution in [0.3, 0.4) is 0 Å². The Morgan fingerprint density at radius 1 is 1.08 bits per heavy atom. The number of rotatable bonds is 3. The fraction of sp³-hybridized carbons (Fsp3) is 0.111. The number of thioether (sulfide) groups is 1.